The van der Waals surface area contributed by atoms with Gasteiger partial charge in [0.05, 0.1) is 19.8 Å². The van der Waals surface area contributed by atoms with Crippen molar-refractivity contribution >= 4 is 17.9 Å². The summed E-state index contributed by atoms with van der Waals surface area (Å²) in [5, 5.41) is 0. The Hall–Kier alpha value is -1.67. The van der Waals surface area contributed by atoms with Crippen molar-refractivity contribution in [2.24, 2.45) is 5.92 Å². The number of carbonyl (C=O) groups is 3. The molecule has 0 fully saturated rings. The van der Waals surface area contributed by atoms with Crippen LogP contribution in [0.4, 0.5) is 0 Å². The highest BCUT2D eigenvalue weighted by atomic mass is 16.7. The van der Waals surface area contributed by atoms with Gasteiger partial charge in [-0.15, -0.1) is 0 Å². The number of ether oxygens (including phenoxy) is 5. The summed E-state index contributed by atoms with van der Waals surface area (Å²) in [4.78, 5) is 39.3. The van der Waals surface area contributed by atoms with Gasteiger partial charge in [0.25, 0.3) is 0 Å². The van der Waals surface area contributed by atoms with Crippen LogP contribution in [0.5, 0.6) is 0 Å². The second-order valence-corrected chi connectivity index (χ2v) is 19.4. The third-order valence-electron chi connectivity index (χ3n) is 13.0. The van der Waals surface area contributed by atoms with Crippen LogP contribution in [0.3, 0.4) is 0 Å². The molecule has 0 aromatic heterocycles. The summed E-state index contributed by atoms with van der Waals surface area (Å²) in [6.07, 6.45) is 50.5. The van der Waals surface area contributed by atoms with Crippen molar-refractivity contribution in [1.29, 1.82) is 0 Å². The molecular weight excluding hydrogens is 813 g/mol. The van der Waals surface area contributed by atoms with Crippen LogP contribution in [0.15, 0.2) is 0 Å². The fraction of sp³-hybridized carbons (Fsp3) is 0.947. The molecule has 2 atom stereocenters. The quantitative estimate of drug-likeness (QED) is 0.0196. The van der Waals surface area contributed by atoms with Crippen LogP contribution in [-0.4, -0.2) is 57.2 Å². The maximum absolute atomic E-state index is 13.2. The molecule has 386 valence electrons. The fourth-order valence-corrected chi connectivity index (χ4v) is 8.60. The summed E-state index contributed by atoms with van der Waals surface area (Å²) >= 11 is 0. The van der Waals surface area contributed by atoms with Crippen molar-refractivity contribution in [3.8, 4) is 0 Å². The zero-order valence-electron chi connectivity index (χ0n) is 43.9. The predicted octanol–water partition coefficient (Wildman–Crippen LogP) is 17.4. The molecule has 0 aliphatic heterocycles. The van der Waals surface area contributed by atoms with Gasteiger partial charge in [0.2, 0.25) is 0 Å². The number of hydrogen-bond donors (Lipinski definition) is 0. The lowest BCUT2D eigenvalue weighted by atomic mass is 10.0. The molecule has 0 amide bonds. The minimum Gasteiger partial charge on any atom is -0.465 e. The zero-order valence-corrected chi connectivity index (χ0v) is 43.9. The standard InChI is InChI=1S/C57H110O8/c1-5-9-13-17-19-21-23-25-27-29-31-33-35-39-43-48-61-52-65-54(47-42-38-16-12-8-4)57(60)64-51-45-50-63-56(59)53(46-41-37-15-11-7-3)55(58)62-49-44-40-36-34-32-30-28-26-24-22-20-18-14-10-6-2/h53-54H,5-52H2,1-4H3. The van der Waals surface area contributed by atoms with E-state index in [1.807, 2.05) is 0 Å². The lowest BCUT2D eigenvalue weighted by molar-refractivity contribution is -0.168. The number of esters is 3. The molecule has 0 aromatic carbocycles. The van der Waals surface area contributed by atoms with Gasteiger partial charge < -0.3 is 23.7 Å². The Morgan fingerprint density at radius 3 is 0.938 bits per heavy atom. The van der Waals surface area contributed by atoms with Gasteiger partial charge in [-0.25, -0.2) is 4.79 Å². The Morgan fingerprint density at radius 2 is 0.569 bits per heavy atom. The Bertz CT molecular complexity index is 988. The first-order valence-electron chi connectivity index (χ1n) is 28.7. The molecule has 2 unspecified atom stereocenters. The molecule has 0 aliphatic rings. The Labute approximate surface area is 403 Å². The molecule has 0 saturated heterocycles. The minimum absolute atomic E-state index is 0.0791. The van der Waals surface area contributed by atoms with Gasteiger partial charge >= 0.3 is 17.9 Å². The molecule has 65 heavy (non-hydrogen) atoms. The molecule has 0 radical (unpaired) electrons. The summed E-state index contributed by atoms with van der Waals surface area (Å²) in [7, 11) is 0. The Morgan fingerprint density at radius 1 is 0.292 bits per heavy atom. The zero-order chi connectivity index (χ0) is 47.4. The first-order valence-corrected chi connectivity index (χ1v) is 28.7. The van der Waals surface area contributed by atoms with Crippen molar-refractivity contribution in [3.05, 3.63) is 0 Å². The van der Waals surface area contributed by atoms with Gasteiger partial charge in [0.1, 0.15) is 6.79 Å². The number of carbonyl (C=O) groups excluding carboxylic acids is 3. The molecular formula is C57H110O8. The lowest BCUT2D eigenvalue weighted by Crippen LogP contribution is -2.30. The maximum atomic E-state index is 13.2. The lowest BCUT2D eigenvalue weighted by Gasteiger charge is -2.18. The first kappa shape index (κ1) is 63.3. The molecule has 0 spiro atoms. The summed E-state index contributed by atoms with van der Waals surface area (Å²) in [6.45, 7) is 10.2. The predicted molar refractivity (Wildman–Crippen MR) is 273 cm³/mol. The molecule has 0 aromatic rings. The molecule has 8 nitrogen and oxygen atoms in total. The fourth-order valence-electron chi connectivity index (χ4n) is 8.60. The number of unbranched alkanes of at least 4 members (excludes halogenated alkanes) is 36. The average molecular weight is 923 g/mol. The smallest absolute Gasteiger partial charge is 0.335 e. The topological polar surface area (TPSA) is 97.4 Å². The van der Waals surface area contributed by atoms with E-state index in [0.29, 0.717) is 32.5 Å². The SMILES string of the molecule is CCCCCCCCCCCCCCCCCOCOC(CCCCCCC)C(=O)OCCCOC(=O)C(CCCCCCC)C(=O)OCCCCCCCCCCCCCCCCC. The Kier molecular flexibility index (Phi) is 51.9. The van der Waals surface area contributed by atoms with Crippen LogP contribution < -0.4 is 0 Å². The largest absolute Gasteiger partial charge is 0.465 e. The average Bonchev–Trinajstić information content (AvgIpc) is 3.31. The highest BCUT2D eigenvalue weighted by Gasteiger charge is 2.29. The van der Waals surface area contributed by atoms with Crippen LogP contribution >= 0.6 is 0 Å². The van der Waals surface area contributed by atoms with Gasteiger partial charge in [-0.1, -0.05) is 272 Å². The van der Waals surface area contributed by atoms with E-state index in [9.17, 15) is 14.4 Å². The molecule has 0 bridgehead atoms. The molecule has 0 saturated carbocycles. The van der Waals surface area contributed by atoms with E-state index < -0.39 is 29.9 Å². The van der Waals surface area contributed by atoms with Gasteiger partial charge in [-0.3, -0.25) is 9.59 Å². The molecule has 0 heterocycles. The van der Waals surface area contributed by atoms with Crippen LogP contribution in [-0.2, 0) is 38.1 Å². The van der Waals surface area contributed by atoms with E-state index in [1.165, 1.54) is 173 Å². The van der Waals surface area contributed by atoms with E-state index in [-0.39, 0.29) is 20.0 Å². The van der Waals surface area contributed by atoms with Crippen LogP contribution in [0, 0.1) is 5.92 Å². The third-order valence-corrected chi connectivity index (χ3v) is 13.0. The van der Waals surface area contributed by atoms with E-state index in [0.717, 1.165) is 83.5 Å². The summed E-state index contributed by atoms with van der Waals surface area (Å²) in [5.41, 5.74) is 0. The molecule has 8 heteroatoms. The van der Waals surface area contributed by atoms with Crippen molar-refractivity contribution < 1.29 is 38.1 Å². The van der Waals surface area contributed by atoms with Gasteiger partial charge in [0.15, 0.2) is 12.0 Å². The van der Waals surface area contributed by atoms with Crippen LogP contribution in [0.25, 0.3) is 0 Å². The highest BCUT2D eigenvalue weighted by molar-refractivity contribution is 5.94. The van der Waals surface area contributed by atoms with Gasteiger partial charge in [0, 0.05) is 13.0 Å². The number of rotatable bonds is 54. The van der Waals surface area contributed by atoms with Crippen molar-refractivity contribution in [2.75, 3.05) is 33.2 Å². The third kappa shape index (κ3) is 45.9. The highest BCUT2D eigenvalue weighted by Crippen LogP contribution is 2.19. The normalized spacial score (nSPS) is 12.4. The summed E-state index contributed by atoms with van der Waals surface area (Å²) < 4.78 is 28.5. The maximum Gasteiger partial charge on any atom is 0.335 e. The van der Waals surface area contributed by atoms with Crippen molar-refractivity contribution in [2.45, 2.75) is 310 Å². The van der Waals surface area contributed by atoms with Crippen LogP contribution in [0.1, 0.15) is 304 Å². The number of hydrogen-bond acceptors (Lipinski definition) is 8. The van der Waals surface area contributed by atoms with Gasteiger partial charge in [-0.2, -0.15) is 0 Å². The Balaban J connectivity index is 4.41. The summed E-state index contributed by atoms with van der Waals surface area (Å²) in [5.74, 6) is -2.30. The minimum atomic E-state index is -0.907. The van der Waals surface area contributed by atoms with E-state index >= 15 is 0 Å². The van der Waals surface area contributed by atoms with E-state index in [4.69, 9.17) is 23.7 Å². The first-order chi connectivity index (χ1) is 32.0. The second-order valence-electron chi connectivity index (χ2n) is 19.4. The molecule has 0 aliphatic carbocycles. The summed E-state index contributed by atoms with van der Waals surface area (Å²) in [6, 6.07) is 0. The second kappa shape index (κ2) is 53.3. The van der Waals surface area contributed by atoms with Crippen molar-refractivity contribution in [3.63, 3.8) is 0 Å². The molecule has 0 N–H and O–H groups in total. The van der Waals surface area contributed by atoms with E-state index in [2.05, 4.69) is 27.7 Å². The van der Waals surface area contributed by atoms with Crippen LogP contribution in [0.2, 0.25) is 0 Å². The monoisotopic (exact) mass is 923 g/mol. The van der Waals surface area contributed by atoms with E-state index in [1.54, 1.807) is 0 Å². The van der Waals surface area contributed by atoms with Crippen molar-refractivity contribution in [1.82, 2.24) is 0 Å². The van der Waals surface area contributed by atoms with Gasteiger partial charge in [-0.05, 0) is 25.7 Å². The molecule has 0 rings (SSSR count).